The normalized spacial score (nSPS) is 10.2. The fourth-order valence-electron chi connectivity index (χ4n) is 2.46. The molecule has 19 heavy (non-hydrogen) atoms. The molecule has 1 heteroatoms. The van der Waals surface area contributed by atoms with Gasteiger partial charge in [-0.15, -0.1) is 0 Å². The molecule has 0 spiro atoms. The Kier molecular flexibility index (Phi) is 16.7. The molecular formula is C18H31Cs. The first-order valence-corrected chi connectivity index (χ1v) is 7.97. The zero-order chi connectivity index (χ0) is 12.9. The van der Waals surface area contributed by atoms with Crippen LogP contribution in [-0.4, -0.2) is 68.9 Å². The van der Waals surface area contributed by atoms with E-state index in [0.717, 1.165) is 0 Å². The first-order chi connectivity index (χ1) is 8.93. The second-order valence-corrected chi connectivity index (χ2v) is 5.42. The topological polar surface area (TPSA) is 0 Å². The number of benzene rings is 1. The molecule has 1 rings (SSSR count). The van der Waals surface area contributed by atoms with Gasteiger partial charge >= 0.3 is 68.9 Å². The van der Waals surface area contributed by atoms with Crippen LogP contribution >= 0.6 is 0 Å². The molecule has 0 saturated carbocycles. The summed E-state index contributed by atoms with van der Waals surface area (Å²) in [4.78, 5) is 0. The van der Waals surface area contributed by atoms with Crippen LogP contribution in [0.15, 0.2) is 30.3 Å². The Bertz CT molecular complexity index is 268. The van der Waals surface area contributed by atoms with Crippen LogP contribution < -0.4 is 0 Å². The monoisotopic (exact) mass is 380 g/mol. The molecule has 0 aromatic heterocycles. The van der Waals surface area contributed by atoms with Crippen molar-refractivity contribution in [2.75, 3.05) is 0 Å². The Morgan fingerprint density at radius 2 is 1.11 bits per heavy atom. The fourth-order valence-corrected chi connectivity index (χ4v) is 2.46. The number of unbranched alkanes of at least 4 members (excludes halogenated alkanes) is 9. The molecule has 1 aromatic rings. The van der Waals surface area contributed by atoms with Crippen LogP contribution in [0.3, 0.4) is 0 Å². The molecule has 0 heterocycles. The summed E-state index contributed by atoms with van der Waals surface area (Å²) in [6.07, 6.45) is 15.5. The van der Waals surface area contributed by atoms with Gasteiger partial charge in [0.05, 0.1) is 0 Å². The van der Waals surface area contributed by atoms with E-state index in [2.05, 4.69) is 37.3 Å². The van der Waals surface area contributed by atoms with Gasteiger partial charge in [-0.3, -0.25) is 0 Å². The summed E-state index contributed by atoms with van der Waals surface area (Å²) >= 11 is 0. The Hall–Kier alpha value is 1.27. The van der Waals surface area contributed by atoms with Gasteiger partial charge in [-0.05, 0) is 18.4 Å². The molecule has 0 aliphatic heterocycles. The summed E-state index contributed by atoms with van der Waals surface area (Å²) in [5.41, 5.74) is 1.50. The number of hydrogen-bond donors (Lipinski definition) is 0. The summed E-state index contributed by atoms with van der Waals surface area (Å²) in [5.74, 6) is 0. The van der Waals surface area contributed by atoms with Crippen LogP contribution in [-0.2, 0) is 6.42 Å². The van der Waals surface area contributed by atoms with Crippen LogP contribution in [0, 0.1) is 0 Å². The van der Waals surface area contributed by atoms with E-state index in [9.17, 15) is 0 Å². The maximum atomic E-state index is 2.28. The molecule has 0 amide bonds. The molecule has 0 N–H and O–H groups in total. The predicted octanol–water partition coefficient (Wildman–Crippen LogP) is 5.50. The predicted molar refractivity (Wildman–Crippen MR) is 89.1 cm³/mol. The second kappa shape index (κ2) is 15.7. The van der Waals surface area contributed by atoms with E-state index >= 15 is 0 Å². The van der Waals surface area contributed by atoms with Gasteiger partial charge in [-0.25, -0.2) is 0 Å². The van der Waals surface area contributed by atoms with E-state index in [0.29, 0.717) is 0 Å². The third kappa shape index (κ3) is 12.7. The second-order valence-electron chi connectivity index (χ2n) is 5.42. The van der Waals surface area contributed by atoms with Crippen LogP contribution in [0.25, 0.3) is 0 Å². The molecule has 104 valence electrons. The van der Waals surface area contributed by atoms with Gasteiger partial charge in [0.1, 0.15) is 0 Å². The summed E-state index contributed by atoms with van der Waals surface area (Å²) in [6.45, 7) is 2.28. The molecular weight excluding hydrogens is 349 g/mol. The van der Waals surface area contributed by atoms with Crippen molar-refractivity contribution in [3.63, 3.8) is 0 Å². The summed E-state index contributed by atoms with van der Waals surface area (Å²) < 4.78 is 0. The molecule has 0 aliphatic rings. The molecule has 0 aliphatic carbocycles. The number of aryl methyl sites for hydroxylation is 1. The van der Waals surface area contributed by atoms with Gasteiger partial charge in [0.2, 0.25) is 0 Å². The molecule has 0 radical (unpaired) electrons. The van der Waals surface area contributed by atoms with Crippen molar-refractivity contribution in [2.24, 2.45) is 0 Å². The Morgan fingerprint density at radius 3 is 1.63 bits per heavy atom. The van der Waals surface area contributed by atoms with Gasteiger partial charge in [0.15, 0.2) is 0 Å². The average molecular weight is 380 g/mol. The third-order valence-electron chi connectivity index (χ3n) is 3.66. The maximum absolute atomic E-state index is 2.28. The van der Waals surface area contributed by atoms with Gasteiger partial charge in [-0.1, -0.05) is 95.0 Å². The Balaban J connectivity index is 0.00000324. The molecule has 0 bridgehead atoms. The van der Waals surface area contributed by atoms with Crippen LogP contribution in [0.4, 0.5) is 0 Å². The standard InChI is InChI=1S/C18H30.Cs.H/c1-2-3-4-5-6-7-8-9-10-12-15-18-16-13-11-14-17-18;;/h11,13-14,16-17H,2-10,12,15H2,1H3;;. The van der Waals surface area contributed by atoms with E-state index in [1.54, 1.807) is 0 Å². The van der Waals surface area contributed by atoms with Crippen LogP contribution in [0.5, 0.6) is 0 Å². The summed E-state index contributed by atoms with van der Waals surface area (Å²) in [5, 5.41) is 0. The Labute approximate surface area is 179 Å². The van der Waals surface area contributed by atoms with Crippen molar-refractivity contribution >= 4 is 68.9 Å². The SMILES string of the molecule is CCCCCCCCCCCCc1ccccc1.[CsH]. The zero-order valence-electron chi connectivity index (χ0n) is 12.2. The van der Waals surface area contributed by atoms with E-state index in [4.69, 9.17) is 0 Å². The quantitative estimate of drug-likeness (QED) is 0.445. The van der Waals surface area contributed by atoms with Crippen molar-refractivity contribution < 1.29 is 0 Å². The molecule has 0 saturated heterocycles. The molecule has 0 nitrogen and oxygen atoms in total. The average Bonchev–Trinajstić information content (AvgIpc) is 2.42. The van der Waals surface area contributed by atoms with Gasteiger partial charge in [0, 0.05) is 0 Å². The van der Waals surface area contributed by atoms with E-state index in [1.807, 2.05) is 0 Å². The summed E-state index contributed by atoms with van der Waals surface area (Å²) in [6, 6.07) is 10.9. The molecule has 1 aromatic carbocycles. The van der Waals surface area contributed by atoms with Crippen LogP contribution in [0.1, 0.15) is 76.7 Å². The Morgan fingerprint density at radius 1 is 0.632 bits per heavy atom. The minimum absolute atomic E-state index is 0. The molecule has 0 fully saturated rings. The van der Waals surface area contributed by atoms with Crippen molar-refractivity contribution in [1.29, 1.82) is 0 Å². The van der Waals surface area contributed by atoms with Crippen molar-refractivity contribution in [2.45, 2.75) is 77.6 Å². The van der Waals surface area contributed by atoms with Gasteiger partial charge in [-0.2, -0.15) is 0 Å². The van der Waals surface area contributed by atoms with Crippen molar-refractivity contribution in [1.82, 2.24) is 0 Å². The molecule has 0 atom stereocenters. The zero-order valence-corrected chi connectivity index (χ0v) is 12.2. The first-order valence-electron chi connectivity index (χ1n) is 7.97. The summed E-state index contributed by atoms with van der Waals surface area (Å²) in [7, 11) is 0. The van der Waals surface area contributed by atoms with Gasteiger partial charge < -0.3 is 0 Å². The molecule has 0 unspecified atom stereocenters. The van der Waals surface area contributed by atoms with Crippen molar-refractivity contribution in [3.05, 3.63) is 35.9 Å². The number of rotatable bonds is 11. The number of hydrogen-bond acceptors (Lipinski definition) is 0. The third-order valence-corrected chi connectivity index (χ3v) is 3.66. The van der Waals surface area contributed by atoms with Crippen molar-refractivity contribution in [3.8, 4) is 0 Å². The van der Waals surface area contributed by atoms with E-state index < -0.39 is 0 Å². The fraction of sp³-hybridized carbons (Fsp3) is 0.667. The van der Waals surface area contributed by atoms with Crippen LogP contribution in [0.2, 0.25) is 0 Å². The first kappa shape index (κ1) is 20.3. The minimum atomic E-state index is 0. The van der Waals surface area contributed by atoms with E-state index in [1.165, 1.54) is 76.2 Å². The van der Waals surface area contributed by atoms with Gasteiger partial charge in [0.25, 0.3) is 0 Å². The van der Waals surface area contributed by atoms with E-state index in [-0.39, 0.29) is 68.9 Å².